The number of hydrogen-bond donors (Lipinski definition) is 0. The first kappa shape index (κ1) is 11.3. The van der Waals surface area contributed by atoms with E-state index in [0.717, 1.165) is 12.8 Å². The smallest absolute Gasteiger partial charge is 0.330 e. The Kier molecular flexibility index (Phi) is 2.75. The molecule has 0 bridgehead atoms. The minimum absolute atomic E-state index is 0.0473. The van der Waals surface area contributed by atoms with Crippen LogP contribution in [0, 0.1) is 11.3 Å². The zero-order valence-electron chi connectivity index (χ0n) is 9.59. The summed E-state index contributed by atoms with van der Waals surface area (Å²) < 4.78 is 5.48. The van der Waals surface area contributed by atoms with E-state index >= 15 is 0 Å². The van der Waals surface area contributed by atoms with Crippen LogP contribution in [0.3, 0.4) is 0 Å². The molecule has 14 heavy (non-hydrogen) atoms. The molecule has 0 aromatic carbocycles. The van der Waals surface area contributed by atoms with Crippen LogP contribution in [-0.4, -0.2) is 11.6 Å². The lowest BCUT2D eigenvalue weighted by atomic mass is 9.74. The highest BCUT2D eigenvalue weighted by atomic mass is 16.6. The molecule has 0 spiro atoms. The van der Waals surface area contributed by atoms with Gasteiger partial charge in [-0.15, -0.1) is 0 Å². The van der Waals surface area contributed by atoms with Crippen LogP contribution in [0.4, 0.5) is 0 Å². The number of carbonyl (C=O) groups excluding carboxylic acids is 1. The quantitative estimate of drug-likeness (QED) is 0.501. The fourth-order valence-electron chi connectivity index (χ4n) is 2.14. The number of rotatable bonds is 2. The van der Waals surface area contributed by atoms with Crippen LogP contribution < -0.4 is 0 Å². The van der Waals surface area contributed by atoms with E-state index in [4.69, 9.17) is 4.74 Å². The maximum atomic E-state index is 11.2. The molecule has 0 aromatic rings. The highest BCUT2D eigenvalue weighted by molar-refractivity contribution is 5.81. The third kappa shape index (κ3) is 1.58. The van der Waals surface area contributed by atoms with E-state index in [1.807, 2.05) is 6.92 Å². The van der Waals surface area contributed by atoms with E-state index in [1.165, 1.54) is 6.08 Å². The molecule has 1 aliphatic rings. The molecule has 0 aliphatic heterocycles. The second kappa shape index (κ2) is 3.41. The highest BCUT2D eigenvalue weighted by Gasteiger charge is 2.52. The molecule has 2 heteroatoms. The van der Waals surface area contributed by atoms with E-state index in [9.17, 15) is 4.79 Å². The lowest BCUT2D eigenvalue weighted by Crippen LogP contribution is -2.43. The van der Waals surface area contributed by atoms with Crippen LogP contribution in [0.15, 0.2) is 12.7 Å². The van der Waals surface area contributed by atoms with Gasteiger partial charge in [0.1, 0.15) is 5.60 Å². The Labute approximate surface area is 86.3 Å². The number of esters is 1. The third-order valence-corrected chi connectivity index (χ3v) is 4.14. The van der Waals surface area contributed by atoms with Crippen LogP contribution in [-0.2, 0) is 9.53 Å². The lowest BCUT2D eigenvalue weighted by molar-refractivity contribution is -0.162. The van der Waals surface area contributed by atoms with Gasteiger partial charge in [-0.25, -0.2) is 4.79 Å². The van der Waals surface area contributed by atoms with Crippen molar-refractivity contribution in [1.82, 2.24) is 0 Å². The van der Waals surface area contributed by atoms with E-state index < -0.39 is 0 Å². The van der Waals surface area contributed by atoms with Crippen molar-refractivity contribution >= 4 is 5.97 Å². The molecule has 2 atom stereocenters. The predicted octanol–water partition coefficient (Wildman–Crippen LogP) is 2.93. The molecule has 1 saturated carbocycles. The Hall–Kier alpha value is -0.790. The standard InChI is InChI=1S/C12H20O2/c1-6-10(13)14-12(5)8-7-9(2)11(12,3)4/h6,9H,1,7-8H2,2-5H3. The molecule has 0 saturated heterocycles. The Bertz CT molecular complexity index is 255. The molecule has 0 heterocycles. The van der Waals surface area contributed by atoms with Gasteiger partial charge in [0.15, 0.2) is 0 Å². The fourth-order valence-corrected chi connectivity index (χ4v) is 2.14. The van der Waals surface area contributed by atoms with Crippen molar-refractivity contribution in [3.63, 3.8) is 0 Å². The Morgan fingerprint density at radius 3 is 2.43 bits per heavy atom. The van der Waals surface area contributed by atoms with Gasteiger partial charge in [-0.2, -0.15) is 0 Å². The molecule has 0 aromatic heterocycles. The Morgan fingerprint density at radius 1 is 1.50 bits per heavy atom. The summed E-state index contributed by atoms with van der Waals surface area (Å²) in [7, 11) is 0. The van der Waals surface area contributed by atoms with Crippen LogP contribution >= 0.6 is 0 Å². The van der Waals surface area contributed by atoms with Crippen LogP contribution in [0.5, 0.6) is 0 Å². The van der Waals surface area contributed by atoms with Crippen molar-refractivity contribution in [3.05, 3.63) is 12.7 Å². The van der Waals surface area contributed by atoms with Crippen molar-refractivity contribution in [2.75, 3.05) is 0 Å². The van der Waals surface area contributed by atoms with Gasteiger partial charge in [0.25, 0.3) is 0 Å². The van der Waals surface area contributed by atoms with Crippen LogP contribution in [0.2, 0.25) is 0 Å². The average Bonchev–Trinajstić information content (AvgIpc) is 2.30. The topological polar surface area (TPSA) is 26.3 Å². The van der Waals surface area contributed by atoms with Gasteiger partial charge in [0.05, 0.1) is 0 Å². The van der Waals surface area contributed by atoms with Gasteiger partial charge < -0.3 is 4.74 Å². The predicted molar refractivity (Wildman–Crippen MR) is 56.9 cm³/mol. The van der Waals surface area contributed by atoms with Crippen molar-refractivity contribution in [3.8, 4) is 0 Å². The summed E-state index contributed by atoms with van der Waals surface area (Å²) in [5.41, 5.74) is -0.288. The fraction of sp³-hybridized carbons (Fsp3) is 0.750. The molecule has 1 fully saturated rings. The lowest BCUT2D eigenvalue weighted by Gasteiger charge is -2.39. The molecule has 0 N–H and O–H groups in total. The number of carbonyl (C=O) groups is 1. The number of ether oxygens (including phenoxy) is 1. The minimum atomic E-state index is -0.336. The average molecular weight is 196 g/mol. The molecular formula is C12H20O2. The molecule has 0 radical (unpaired) electrons. The van der Waals surface area contributed by atoms with Gasteiger partial charge in [0, 0.05) is 11.5 Å². The molecule has 1 rings (SSSR count). The van der Waals surface area contributed by atoms with E-state index in [1.54, 1.807) is 0 Å². The van der Waals surface area contributed by atoms with Crippen molar-refractivity contribution in [2.24, 2.45) is 11.3 Å². The molecular weight excluding hydrogens is 176 g/mol. The third-order valence-electron chi connectivity index (χ3n) is 4.14. The monoisotopic (exact) mass is 196 g/mol. The Morgan fingerprint density at radius 2 is 2.07 bits per heavy atom. The van der Waals surface area contributed by atoms with Crippen molar-refractivity contribution in [1.29, 1.82) is 0 Å². The normalized spacial score (nSPS) is 35.3. The van der Waals surface area contributed by atoms with Crippen LogP contribution in [0.1, 0.15) is 40.5 Å². The summed E-state index contributed by atoms with van der Waals surface area (Å²) in [6.07, 6.45) is 3.30. The summed E-state index contributed by atoms with van der Waals surface area (Å²) in [6, 6.07) is 0. The van der Waals surface area contributed by atoms with E-state index in [-0.39, 0.29) is 17.0 Å². The SMILES string of the molecule is C=CC(=O)OC1(C)CCC(C)C1(C)C. The minimum Gasteiger partial charge on any atom is -0.456 e. The summed E-state index contributed by atoms with van der Waals surface area (Å²) in [5.74, 6) is 0.278. The van der Waals surface area contributed by atoms with Gasteiger partial charge in [-0.3, -0.25) is 0 Å². The van der Waals surface area contributed by atoms with Crippen LogP contribution in [0.25, 0.3) is 0 Å². The first-order valence-corrected chi connectivity index (χ1v) is 5.19. The maximum absolute atomic E-state index is 11.2. The second-order valence-corrected chi connectivity index (χ2v) is 5.02. The summed E-state index contributed by atoms with van der Waals surface area (Å²) in [6.45, 7) is 12.0. The van der Waals surface area contributed by atoms with Gasteiger partial charge >= 0.3 is 5.97 Å². The van der Waals surface area contributed by atoms with Gasteiger partial charge in [0.2, 0.25) is 0 Å². The zero-order chi connectivity index (χ0) is 11.0. The molecule has 2 unspecified atom stereocenters. The van der Waals surface area contributed by atoms with Gasteiger partial charge in [-0.05, 0) is 25.7 Å². The Balaban J connectivity index is 2.84. The summed E-state index contributed by atoms with van der Waals surface area (Å²) >= 11 is 0. The largest absolute Gasteiger partial charge is 0.456 e. The summed E-state index contributed by atoms with van der Waals surface area (Å²) in [5, 5.41) is 0. The van der Waals surface area contributed by atoms with Crippen molar-refractivity contribution in [2.45, 2.75) is 46.1 Å². The molecule has 2 nitrogen and oxygen atoms in total. The molecule has 0 amide bonds. The van der Waals surface area contributed by atoms with E-state index in [0.29, 0.717) is 5.92 Å². The number of hydrogen-bond acceptors (Lipinski definition) is 2. The van der Waals surface area contributed by atoms with Gasteiger partial charge in [-0.1, -0.05) is 27.4 Å². The van der Waals surface area contributed by atoms with E-state index in [2.05, 4.69) is 27.4 Å². The maximum Gasteiger partial charge on any atom is 0.330 e. The molecule has 1 aliphatic carbocycles. The molecule has 80 valence electrons. The first-order valence-electron chi connectivity index (χ1n) is 5.19. The zero-order valence-corrected chi connectivity index (χ0v) is 9.59. The summed E-state index contributed by atoms with van der Waals surface area (Å²) in [4.78, 5) is 11.2. The first-order chi connectivity index (χ1) is 6.33. The highest BCUT2D eigenvalue weighted by Crippen LogP contribution is 2.51. The van der Waals surface area contributed by atoms with Crippen molar-refractivity contribution < 1.29 is 9.53 Å². The second-order valence-electron chi connectivity index (χ2n) is 5.02.